The quantitative estimate of drug-likeness (QED) is 0.218. The first-order valence-corrected chi connectivity index (χ1v) is 10.6. The highest BCUT2D eigenvalue weighted by atomic mass is 16.2. The Kier molecular flexibility index (Phi) is 5.64. The van der Waals surface area contributed by atoms with Gasteiger partial charge in [0.2, 0.25) is 11.8 Å². The Morgan fingerprint density at radius 2 is 1.90 bits per heavy atom. The van der Waals surface area contributed by atoms with Gasteiger partial charge < -0.3 is 15.2 Å². The predicted molar refractivity (Wildman–Crippen MR) is 108 cm³/mol. The average Bonchev–Trinajstić information content (AvgIpc) is 3.49. The molecule has 4 atom stereocenters. The number of allylic oxidation sites excluding steroid dienone is 2. The molecule has 0 aromatic carbocycles. The van der Waals surface area contributed by atoms with Gasteiger partial charge in [-0.1, -0.05) is 12.2 Å². The van der Waals surface area contributed by atoms with E-state index in [9.17, 15) is 9.59 Å². The van der Waals surface area contributed by atoms with Gasteiger partial charge in [-0.15, -0.1) is 10.2 Å². The molecule has 1 aromatic heterocycles. The van der Waals surface area contributed by atoms with E-state index in [-0.39, 0.29) is 35.5 Å². The van der Waals surface area contributed by atoms with E-state index in [4.69, 9.17) is 0 Å². The molecule has 9 nitrogen and oxygen atoms in total. The molecule has 0 spiro atoms. The monoisotopic (exact) mass is 399 g/mol. The van der Waals surface area contributed by atoms with Crippen molar-refractivity contribution in [3.63, 3.8) is 0 Å². The molecule has 2 heterocycles. The van der Waals surface area contributed by atoms with Crippen LogP contribution < -0.4 is 10.6 Å². The fourth-order valence-corrected chi connectivity index (χ4v) is 4.79. The molecule has 0 radical (unpaired) electrons. The number of nitrogens with one attached hydrogen (secondary N) is 2. The Hall–Kier alpha value is -2.71. The zero-order valence-corrected chi connectivity index (χ0v) is 17.0. The van der Waals surface area contributed by atoms with Gasteiger partial charge >= 0.3 is 0 Å². The molecule has 2 bridgehead atoms. The third kappa shape index (κ3) is 3.65. The summed E-state index contributed by atoms with van der Waals surface area (Å²) in [4.78, 5) is 31.5. The fraction of sp³-hybridized carbons (Fsp3) is 0.650. The van der Waals surface area contributed by atoms with Crippen LogP contribution in [0, 0.1) is 23.7 Å². The Labute approximate surface area is 170 Å². The molecule has 4 unspecified atom stereocenters. The van der Waals surface area contributed by atoms with Crippen molar-refractivity contribution in [2.75, 3.05) is 19.6 Å². The maximum atomic E-state index is 12.7. The van der Waals surface area contributed by atoms with Gasteiger partial charge in [0.25, 0.3) is 0 Å². The van der Waals surface area contributed by atoms with Gasteiger partial charge in [0.15, 0.2) is 11.8 Å². The van der Waals surface area contributed by atoms with Crippen LogP contribution in [-0.2, 0) is 22.7 Å². The number of likely N-dealkylation sites (tertiary alicyclic amines) is 1. The van der Waals surface area contributed by atoms with Crippen LogP contribution in [0.15, 0.2) is 23.5 Å². The van der Waals surface area contributed by atoms with E-state index >= 15 is 0 Å². The van der Waals surface area contributed by atoms with Crippen LogP contribution in [0.4, 0.5) is 0 Å². The number of amides is 2. The van der Waals surface area contributed by atoms with Gasteiger partial charge in [-0.05, 0) is 38.5 Å². The van der Waals surface area contributed by atoms with Gasteiger partial charge in [0.1, 0.15) is 12.9 Å². The zero-order valence-electron chi connectivity index (χ0n) is 17.0. The molecule has 1 saturated carbocycles. The van der Waals surface area contributed by atoms with Gasteiger partial charge in [-0.2, -0.15) is 0 Å². The number of fused-ring (bicyclic) bond motifs is 5. The molecule has 2 N–H and O–H groups in total. The SMILES string of the molecule is CCNC(=NCc1nncn1CC)NCCCN1C(=O)C2C3C=CC(C3)C2C1=O. The minimum atomic E-state index is -0.111. The van der Waals surface area contributed by atoms with Crippen molar-refractivity contribution in [1.29, 1.82) is 0 Å². The zero-order chi connectivity index (χ0) is 20.4. The maximum absolute atomic E-state index is 12.7. The van der Waals surface area contributed by atoms with Gasteiger partial charge in [0.05, 0.1) is 11.8 Å². The minimum absolute atomic E-state index is 0.0244. The largest absolute Gasteiger partial charge is 0.357 e. The lowest BCUT2D eigenvalue weighted by atomic mass is 9.85. The molecule has 2 amide bonds. The molecular weight excluding hydrogens is 370 g/mol. The van der Waals surface area contributed by atoms with Crippen LogP contribution in [0.5, 0.6) is 0 Å². The standard InChI is InChI=1S/C20H29N7O2/c1-3-21-20(23-11-15-25-24-12-26(15)4-2)22-8-5-9-27-18(28)16-13-6-7-14(10-13)17(16)19(27)29/h6-7,12-14,16-17H,3-5,8-11H2,1-2H3,(H2,21,22,23). The summed E-state index contributed by atoms with van der Waals surface area (Å²) >= 11 is 0. The number of rotatable bonds is 8. The Morgan fingerprint density at radius 1 is 1.17 bits per heavy atom. The number of hydrogen-bond donors (Lipinski definition) is 2. The molecule has 1 aliphatic heterocycles. The maximum Gasteiger partial charge on any atom is 0.233 e. The number of aliphatic imine (C=N–C) groups is 1. The lowest BCUT2D eigenvalue weighted by Gasteiger charge is -2.18. The van der Waals surface area contributed by atoms with E-state index in [1.807, 2.05) is 18.4 Å². The summed E-state index contributed by atoms with van der Waals surface area (Å²) in [6, 6.07) is 0. The third-order valence-corrected chi connectivity index (χ3v) is 6.17. The summed E-state index contributed by atoms with van der Waals surface area (Å²) in [6.07, 6.45) is 7.61. The van der Waals surface area contributed by atoms with E-state index in [1.165, 1.54) is 4.90 Å². The molecule has 2 aliphatic carbocycles. The summed E-state index contributed by atoms with van der Waals surface area (Å²) in [7, 11) is 0. The van der Waals surface area contributed by atoms with Crippen molar-refractivity contribution in [1.82, 2.24) is 30.3 Å². The first-order chi connectivity index (χ1) is 14.1. The number of nitrogens with zero attached hydrogens (tertiary/aromatic N) is 5. The van der Waals surface area contributed by atoms with Crippen molar-refractivity contribution < 1.29 is 9.59 Å². The lowest BCUT2D eigenvalue weighted by Crippen LogP contribution is -2.40. The summed E-state index contributed by atoms with van der Waals surface area (Å²) in [6.45, 7) is 7.12. The second-order valence-electron chi connectivity index (χ2n) is 7.84. The lowest BCUT2D eigenvalue weighted by molar-refractivity contribution is -0.140. The number of aryl methyl sites for hydroxylation is 1. The summed E-state index contributed by atoms with van der Waals surface area (Å²) in [5.41, 5.74) is 0. The van der Waals surface area contributed by atoms with Gasteiger partial charge in [0, 0.05) is 26.2 Å². The highest BCUT2D eigenvalue weighted by Crippen LogP contribution is 2.52. The van der Waals surface area contributed by atoms with Crippen molar-refractivity contribution in [2.45, 2.75) is 39.8 Å². The molecule has 29 heavy (non-hydrogen) atoms. The number of carbonyl (C=O) groups excluding carboxylic acids is 2. The first-order valence-electron chi connectivity index (χ1n) is 10.6. The summed E-state index contributed by atoms with van der Waals surface area (Å²) < 4.78 is 1.95. The van der Waals surface area contributed by atoms with E-state index < -0.39 is 0 Å². The molecule has 1 aromatic rings. The van der Waals surface area contributed by atoms with E-state index in [1.54, 1.807) is 6.33 Å². The van der Waals surface area contributed by atoms with E-state index in [0.29, 0.717) is 32.0 Å². The highest BCUT2D eigenvalue weighted by Gasteiger charge is 2.58. The molecule has 1 saturated heterocycles. The van der Waals surface area contributed by atoms with Crippen LogP contribution in [0.3, 0.4) is 0 Å². The smallest absolute Gasteiger partial charge is 0.233 e. The van der Waals surface area contributed by atoms with Crippen LogP contribution >= 0.6 is 0 Å². The van der Waals surface area contributed by atoms with E-state index in [0.717, 1.165) is 25.3 Å². The molecular formula is C20H29N7O2. The second kappa shape index (κ2) is 8.34. The van der Waals surface area contributed by atoms with Crippen LogP contribution in [0.2, 0.25) is 0 Å². The van der Waals surface area contributed by atoms with E-state index in [2.05, 4.69) is 38.0 Å². The summed E-state index contributed by atoms with van der Waals surface area (Å²) in [5.74, 6) is 1.86. The predicted octanol–water partition coefficient (Wildman–Crippen LogP) is 0.550. The molecule has 9 heteroatoms. The Balaban J connectivity index is 1.27. The van der Waals surface area contributed by atoms with Crippen LogP contribution in [0.1, 0.15) is 32.5 Å². The number of imide groups is 1. The topological polar surface area (TPSA) is 105 Å². The molecule has 4 rings (SSSR count). The number of carbonyl (C=O) groups is 2. The van der Waals surface area contributed by atoms with Gasteiger partial charge in [-0.25, -0.2) is 4.99 Å². The van der Waals surface area contributed by atoms with Crippen LogP contribution in [-0.4, -0.2) is 57.1 Å². The Morgan fingerprint density at radius 3 is 2.55 bits per heavy atom. The highest BCUT2D eigenvalue weighted by molar-refractivity contribution is 6.06. The van der Waals surface area contributed by atoms with Crippen molar-refractivity contribution in [3.05, 3.63) is 24.3 Å². The van der Waals surface area contributed by atoms with Gasteiger partial charge in [-0.3, -0.25) is 14.5 Å². The third-order valence-electron chi connectivity index (χ3n) is 6.17. The number of hydrogen-bond acceptors (Lipinski definition) is 5. The van der Waals surface area contributed by atoms with Crippen molar-refractivity contribution >= 4 is 17.8 Å². The first kappa shape index (κ1) is 19.6. The molecule has 2 fully saturated rings. The average molecular weight is 399 g/mol. The Bertz CT molecular complexity index is 801. The van der Waals surface area contributed by atoms with Crippen molar-refractivity contribution in [3.8, 4) is 0 Å². The molecule has 3 aliphatic rings. The summed E-state index contributed by atoms with van der Waals surface area (Å²) in [5, 5.41) is 14.5. The fourth-order valence-electron chi connectivity index (χ4n) is 4.79. The van der Waals surface area contributed by atoms with Crippen molar-refractivity contribution in [2.24, 2.45) is 28.7 Å². The minimum Gasteiger partial charge on any atom is -0.357 e. The number of guanidine groups is 1. The normalized spacial score (nSPS) is 27.8. The number of aromatic nitrogens is 3. The second-order valence-corrected chi connectivity index (χ2v) is 7.84. The van der Waals surface area contributed by atoms with Crippen LogP contribution in [0.25, 0.3) is 0 Å². The molecule has 156 valence electrons.